The number of rotatable bonds is 12. The van der Waals surface area contributed by atoms with E-state index in [1.807, 2.05) is 0 Å². The summed E-state index contributed by atoms with van der Waals surface area (Å²) in [6.07, 6.45) is 1.37. The fourth-order valence-corrected chi connectivity index (χ4v) is 8.21. The Hall–Kier alpha value is -4.63. The van der Waals surface area contributed by atoms with E-state index >= 15 is 0 Å². The van der Waals surface area contributed by atoms with Crippen LogP contribution in [0.25, 0.3) is 49.2 Å². The Kier molecular flexibility index (Phi) is 9.10. The number of aromatic hydroxyl groups is 1. The lowest BCUT2D eigenvalue weighted by Gasteiger charge is -2.26. The number of hydrogen-bond acceptors (Lipinski definition) is 12. The van der Waals surface area contributed by atoms with Crippen LogP contribution in [0.15, 0.2) is 27.3 Å². The van der Waals surface area contributed by atoms with E-state index in [2.05, 4.69) is 30.6 Å². The number of phenols is 1. The van der Waals surface area contributed by atoms with Crippen LogP contribution >= 0.6 is 25.3 Å². The molecule has 0 fully saturated rings. The largest absolute Gasteiger partial charge is 0.507 e. The molecule has 0 aromatic heterocycles. The Labute approximate surface area is 294 Å². The molecule has 0 spiro atoms. The first-order chi connectivity index (χ1) is 23.8. The number of ketones is 1. The Bertz CT molecular complexity index is 2440. The Morgan fingerprint density at radius 1 is 0.880 bits per heavy atom. The number of hydrogen-bond donors (Lipinski definition) is 8. The molecule has 3 unspecified atom stereocenters. The molecule has 14 heteroatoms. The van der Waals surface area contributed by atoms with Gasteiger partial charge >= 0.3 is 11.9 Å². The summed E-state index contributed by atoms with van der Waals surface area (Å²) < 4.78 is 5.77. The maximum atomic E-state index is 14.7. The Morgan fingerprint density at radius 2 is 1.50 bits per heavy atom. The molecule has 0 aliphatic heterocycles. The van der Waals surface area contributed by atoms with E-state index in [1.165, 1.54) is 20.1 Å². The van der Waals surface area contributed by atoms with Crippen molar-refractivity contribution in [2.24, 2.45) is 5.92 Å². The number of nitrogens with one attached hydrogen (secondary N) is 1. The molecule has 1 aliphatic rings. The van der Waals surface area contributed by atoms with Crippen molar-refractivity contribution in [3.8, 4) is 11.5 Å². The standard InChI is InChI=1S/C36H33NO11S2/c1-12-4-17-18(5-16(10-49)35(44)45)32(42)27-21(41)7-15(9-39)24-23-14(8-38)6-19(37-20(11-50)36(46)47)26-29(23)30(25(17)28(24)27)31(22(12)13(2)40)34(48-3)33(26)43/h4,6-7,16,20,22,37-39,42,49-50H,5,8-11H2,1-3H3,(H,44,45)(H,46,47). The minimum atomic E-state index is -1.28. The molecule has 5 aromatic rings. The predicted molar refractivity (Wildman–Crippen MR) is 196 cm³/mol. The van der Waals surface area contributed by atoms with Gasteiger partial charge < -0.3 is 35.6 Å². The topological polar surface area (TPSA) is 208 Å². The van der Waals surface area contributed by atoms with Crippen LogP contribution in [-0.2, 0) is 34.0 Å². The maximum absolute atomic E-state index is 14.7. The number of ether oxygens (including phenoxy) is 1. The highest BCUT2D eigenvalue weighted by atomic mass is 32.1. The van der Waals surface area contributed by atoms with Crippen LogP contribution in [0.1, 0.15) is 47.6 Å². The molecule has 12 nitrogen and oxygen atoms in total. The van der Waals surface area contributed by atoms with E-state index in [9.17, 15) is 49.5 Å². The summed E-state index contributed by atoms with van der Waals surface area (Å²) in [6, 6.07) is 1.28. The van der Waals surface area contributed by atoms with Gasteiger partial charge in [0.1, 0.15) is 17.6 Å². The number of phenolic OH excluding ortho intramolecular Hbond substituents is 1. The number of anilines is 1. The molecule has 0 heterocycles. The molecule has 0 saturated carbocycles. The van der Waals surface area contributed by atoms with Crippen LogP contribution in [-0.4, -0.2) is 67.9 Å². The van der Waals surface area contributed by atoms with Crippen LogP contribution in [0, 0.1) is 5.92 Å². The number of Topliss-reactive ketones (excluding diaryl/α,β-unsaturated/α-hetero) is 1. The lowest BCUT2D eigenvalue weighted by Crippen LogP contribution is -2.31. The van der Waals surface area contributed by atoms with Gasteiger partial charge in [0.25, 0.3) is 0 Å². The first-order valence-corrected chi connectivity index (χ1v) is 16.8. The lowest BCUT2D eigenvalue weighted by molar-refractivity contribution is -0.141. The van der Waals surface area contributed by atoms with Crippen molar-refractivity contribution in [3.63, 3.8) is 0 Å². The number of aliphatic hydroxyl groups is 2. The second kappa shape index (κ2) is 12.9. The highest BCUT2D eigenvalue weighted by Crippen LogP contribution is 2.54. The van der Waals surface area contributed by atoms with Crippen LogP contribution in [0.4, 0.5) is 5.69 Å². The van der Waals surface area contributed by atoms with Gasteiger partial charge in [-0.25, -0.2) is 4.79 Å². The van der Waals surface area contributed by atoms with Gasteiger partial charge in [-0.05, 0) is 70.6 Å². The molecular formula is C36H33NO11S2. The number of carbonyl (C=O) groups is 3. The third-order valence-corrected chi connectivity index (χ3v) is 10.6. The smallest absolute Gasteiger partial charge is 0.326 e. The molecular weight excluding hydrogens is 687 g/mol. The van der Waals surface area contributed by atoms with Crippen molar-refractivity contribution >= 4 is 97.8 Å². The average molecular weight is 720 g/mol. The number of carbonyl (C=O) groups excluding carboxylic acids is 1. The SMILES string of the molecule is COc1c2c3c4c(c(CC(CS)C(=O)O)c(O)c5c(=O)cc(CO)c(c6c(CO)cc(NC(CS)C(=O)O)c(c1=O)c63)c54)C=C(C)C2C(C)=O. The van der Waals surface area contributed by atoms with Crippen LogP contribution in [0.2, 0.25) is 0 Å². The summed E-state index contributed by atoms with van der Waals surface area (Å²) >= 11 is 8.39. The molecule has 5 aromatic carbocycles. The maximum Gasteiger partial charge on any atom is 0.326 e. The quantitative estimate of drug-likeness (QED) is 0.0528. The van der Waals surface area contributed by atoms with Crippen LogP contribution < -0.4 is 20.9 Å². The zero-order valence-electron chi connectivity index (χ0n) is 27.1. The van der Waals surface area contributed by atoms with E-state index in [-0.39, 0.29) is 106 Å². The third kappa shape index (κ3) is 4.95. The minimum Gasteiger partial charge on any atom is -0.507 e. The zero-order valence-corrected chi connectivity index (χ0v) is 28.9. The normalized spacial score (nSPS) is 15.5. The second-order valence-corrected chi connectivity index (χ2v) is 13.3. The van der Waals surface area contributed by atoms with Crippen molar-refractivity contribution in [2.45, 2.75) is 45.4 Å². The van der Waals surface area contributed by atoms with Gasteiger partial charge in [-0.15, -0.1) is 0 Å². The van der Waals surface area contributed by atoms with E-state index in [0.717, 1.165) is 6.07 Å². The lowest BCUT2D eigenvalue weighted by atomic mass is 9.78. The predicted octanol–water partition coefficient (Wildman–Crippen LogP) is 3.65. The number of carboxylic acids is 2. The van der Waals surface area contributed by atoms with Gasteiger partial charge in [-0.1, -0.05) is 11.6 Å². The number of thiol groups is 2. The summed E-state index contributed by atoms with van der Waals surface area (Å²) in [6.45, 7) is 1.70. The molecule has 260 valence electrons. The first-order valence-electron chi connectivity index (χ1n) is 15.6. The molecule has 6 rings (SSSR count). The summed E-state index contributed by atoms with van der Waals surface area (Å²) in [4.78, 5) is 66.5. The molecule has 3 atom stereocenters. The highest BCUT2D eigenvalue weighted by molar-refractivity contribution is 7.80. The van der Waals surface area contributed by atoms with E-state index < -0.39 is 59.6 Å². The molecule has 0 bridgehead atoms. The molecule has 0 radical (unpaired) electrons. The number of aliphatic hydroxyl groups excluding tert-OH is 2. The fourth-order valence-electron chi connectivity index (χ4n) is 7.68. The number of carboxylic acid groups (broad SMARTS) is 2. The van der Waals surface area contributed by atoms with Gasteiger partial charge in [0, 0.05) is 39.1 Å². The fraction of sp³-hybridized carbons (Fsp3) is 0.306. The van der Waals surface area contributed by atoms with E-state index in [0.29, 0.717) is 5.57 Å². The van der Waals surface area contributed by atoms with Gasteiger partial charge in [0.05, 0.1) is 42.9 Å². The molecule has 50 heavy (non-hydrogen) atoms. The number of aliphatic carboxylic acids is 2. The van der Waals surface area contributed by atoms with Crippen LogP contribution in [0.5, 0.6) is 11.5 Å². The monoisotopic (exact) mass is 719 g/mol. The minimum absolute atomic E-state index is 0.0286. The van der Waals surface area contributed by atoms with E-state index in [4.69, 9.17) is 4.74 Å². The van der Waals surface area contributed by atoms with Gasteiger partial charge in [0.2, 0.25) is 5.43 Å². The van der Waals surface area contributed by atoms with Gasteiger partial charge in [-0.3, -0.25) is 19.2 Å². The summed E-state index contributed by atoms with van der Waals surface area (Å²) in [5, 5.41) is 57.4. The molecule has 0 amide bonds. The summed E-state index contributed by atoms with van der Waals surface area (Å²) in [5.41, 5.74) is -0.0484. The second-order valence-electron chi connectivity index (χ2n) is 12.5. The Balaban J connectivity index is 2.07. The van der Waals surface area contributed by atoms with Gasteiger partial charge in [-0.2, -0.15) is 25.3 Å². The first kappa shape index (κ1) is 35.2. The summed E-state index contributed by atoms with van der Waals surface area (Å²) in [7, 11) is 1.26. The van der Waals surface area contributed by atoms with Gasteiger partial charge in [0.15, 0.2) is 11.2 Å². The van der Waals surface area contributed by atoms with Crippen molar-refractivity contribution in [1.82, 2.24) is 0 Å². The Morgan fingerprint density at radius 3 is 2.02 bits per heavy atom. The molecule has 0 saturated heterocycles. The van der Waals surface area contributed by atoms with Crippen molar-refractivity contribution in [1.29, 1.82) is 0 Å². The average Bonchev–Trinajstić information content (AvgIpc) is 3.20. The van der Waals surface area contributed by atoms with E-state index in [1.54, 1.807) is 13.0 Å². The number of methoxy groups -OCH3 is 1. The van der Waals surface area contributed by atoms with Crippen LogP contribution in [0.3, 0.4) is 0 Å². The highest BCUT2D eigenvalue weighted by Gasteiger charge is 2.37. The molecule has 6 N–H and O–H groups in total. The van der Waals surface area contributed by atoms with Crippen molar-refractivity contribution in [3.05, 3.63) is 66.0 Å². The van der Waals surface area contributed by atoms with Crippen molar-refractivity contribution < 1.29 is 44.7 Å². The number of fused-ring (bicyclic) bond motifs is 1. The van der Waals surface area contributed by atoms with Crippen molar-refractivity contribution in [2.75, 3.05) is 23.9 Å². The third-order valence-electron chi connectivity index (χ3n) is 9.74. The summed E-state index contributed by atoms with van der Waals surface area (Å²) in [5.74, 6) is -6.01. The number of allylic oxidation sites excluding steroid dienone is 1. The number of benzene rings is 5. The molecule has 1 aliphatic carbocycles. The zero-order chi connectivity index (χ0) is 36.5.